The molecule has 0 heterocycles. The average molecular weight is 404 g/mol. The number of fused-ring (bicyclic) bond motifs is 1. The third kappa shape index (κ3) is 4.74. The third-order valence-corrected chi connectivity index (χ3v) is 5.16. The van der Waals surface area contributed by atoms with Gasteiger partial charge < -0.3 is 9.47 Å². The summed E-state index contributed by atoms with van der Waals surface area (Å²) in [4.78, 5) is 36.6. The number of aryl methyl sites for hydroxylation is 1. The van der Waals surface area contributed by atoms with Crippen LogP contribution in [0, 0.1) is 6.92 Å². The van der Waals surface area contributed by atoms with Gasteiger partial charge in [-0.2, -0.15) is 0 Å². The number of benzene rings is 3. The van der Waals surface area contributed by atoms with E-state index in [0.717, 1.165) is 27.6 Å². The number of carbonyl (C=O) groups is 3. The van der Waals surface area contributed by atoms with Gasteiger partial charge in [-0.15, -0.1) is 0 Å². The van der Waals surface area contributed by atoms with Gasteiger partial charge in [0.25, 0.3) is 0 Å². The maximum absolute atomic E-state index is 12.6. The molecule has 0 atom stereocenters. The Labute approximate surface area is 175 Å². The zero-order valence-corrected chi connectivity index (χ0v) is 17.4. The zero-order chi connectivity index (χ0) is 21.7. The van der Waals surface area contributed by atoms with E-state index in [1.54, 1.807) is 37.4 Å². The van der Waals surface area contributed by atoms with Crippen LogP contribution in [0.3, 0.4) is 0 Å². The Morgan fingerprint density at radius 2 is 1.63 bits per heavy atom. The average Bonchev–Trinajstić information content (AvgIpc) is 2.77. The first kappa shape index (κ1) is 21.2. The molecule has 0 N–H and O–H groups in total. The summed E-state index contributed by atoms with van der Waals surface area (Å²) >= 11 is 0. The topological polar surface area (TPSA) is 69.7 Å². The van der Waals surface area contributed by atoms with E-state index in [1.165, 1.54) is 7.11 Å². The number of ketones is 2. The molecule has 0 aliphatic carbocycles. The molecular formula is C25H24O5. The van der Waals surface area contributed by atoms with Crippen molar-refractivity contribution in [2.24, 2.45) is 0 Å². The molecule has 3 aromatic carbocycles. The second kappa shape index (κ2) is 9.35. The summed E-state index contributed by atoms with van der Waals surface area (Å²) in [5.74, 6) is 0.207. The summed E-state index contributed by atoms with van der Waals surface area (Å²) in [6, 6.07) is 16.2. The highest BCUT2D eigenvalue weighted by molar-refractivity contribution is 6.02. The van der Waals surface area contributed by atoms with Gasteiger partial charge in [-0.05, 0) is 53.1 Å². The highest BCUT2D eigenvalue weighted by Gasteiger charge is 2.13. The lowest BCUT2D eigenvalue weighted by Crippen LogP contribution is -2.08. The molecule has 0 bridgehead atoms. The number of hydrogen-bond donors (Lipinski definition) is 0. The van der Waals surface area contributed by atoms with E-state index in [0.29, 0.717) is 11.1 Å². The van der Waals surface area contributed by atoms with E-state index in [9.17, 15) is 14.4 Å². The van der Waals surface area contributed by atoms with Crippen molar-refractivity contribution in [2.45, 2.75) is 26.2 Å². The predicted octanol–water partition coefficient (Wildman–Crippen LogP) is 4.72. The van der Waals surface area contributed by atoms with Crippen LogP contribution in [-0.4, -0.2) is 31.8 Å². The van der Waals surface area contributed by atoms with Crippen molar-refractivity contribution < 1.29 is 23.9 Å². The summed E-state index contributed by atoms with van der Waals surface area (Å²) in [6.45, 7) is 1.96. The van der Waals surface area contributed by atoms with Gasteiger partial charge in [-0.3, -0.25) is 9.59 Å². The van der Waals surface area contributed by atoms with Crippen molar-refractivity contribution in [2.75, 3.05) is 14.2 Å². The van der Waals surface area contributed by atoms with E-state index in [4.69, 9.17) is 9.47 Å². The van der Waals surface area contributed by atoms with Crippen molar-refractivity contribution in [3.8, 4) is 5.75 Å². The lowest BCUT2D eigenvalue weighted by Gasteiger charge is -2.10. The fraction of sp³-hybridized carbons (Fsp3) is 0.240. The van der Waals surface area contributed by atoms with E-state index < -0.39 is 5.97 Å². The van der Waals surface area contributed by atoms with E-state index >= 15 is 0 Å². The number of ether oxygens (including phenoxy) is 2. The Kier molecular flexibility index (Phi) is 6.62. The Balaban J connectivity index is 1.66. The number of esters is 1. The normalized spacial score (nSPS) is 10.6. The van der Waals surface area contributed by atoms with Crippen molar-refractivity contribution in [3.63, 3.8) is 0 Å². The molecule has 0 radical (unpaired) electrons. The number of carbonyl (C=O) groups excluding carboxylic acids is 3. The number of hydrogen-bond acceptors (Lipinski definition) is 5. The van der Waals surface area contributed by atoms with Crippen LogP contribution in [0.25, 0.3) is 10.8 Å². The van der Waals surface area contributed by atoms with Gasteiger partial charge in [-0.1, -0.05) is 30.3 Å². The highest BCUT2D eigenvalue weighted by Crippen LogP contribution is 2.28. The lowest BCUT2D eigenvalue weighted by molar-refractivity contribution is -0.118. The Bertz CT molecular complexity index is 1110. The molecule has 5 nitrogen and oxygen atoms in total. The summed E-state index contributed by atoms with van der Waals surface area (Å²) in [7, 11) is 2.94. The Morgan fingerprint density at radius 1 is 0.867 bits per heavy atom. The quantitative estimate of drug-likeness (QED) is 0.401. The third-order valence-electron chi connectivity index (χ3n) is 5.16. The van der Waals surface area contributed by atoms with Crippen LogP contribution in [0.2, 0.25) is 0 Å². The van der Waals surface area contributed by atoms with Gasteiger partial charge in [-0.25, -0.2) is 4.79 Å². The predicted molar refractivity (Wildman–Crippen MR) is 115 cm³/mol. The van der Waals surface area contributed by atoms with E-state index in [-0.39, 0.29) is 30.8 Å². The molecule has 0 saturated heterocycles. The fourth-order valence-electron chi connectivity index (χ4n) is 3.48. The minimum atomic E-state index is -0.442. The van der Waals surface area contributed by atoms with Gasteiger partial charge in [0.05, 0.1) is 19.8 Å². The highest BCUT2D eigenvalue weighted by atomic mass is 16.5. The monoisotopic (exact) mass is 404 g/mol. The van der Waals surface area contributed by atoms with Crippen LogP contribution in [0.5, 0.6) is 5.75 Å². The van der Waals surface area contributed by atoms with Crippen molar-refractivity contribution in [1.29, 1.82) is 0 Å². The largest absolute Gasteiger partial charge is 0.496 e. The second-order valence-electron chi connectivity index (χ2n) is 7.16. The van der Waals surface area contributed by atoms with Crippen molar-refractivity contribution >= 4 is 28.3 Å². The van der Waals surface area contributed by atoms with Crippen LogP contribution in [0.15, 0.2) is 54.6 Å². The summed E-state index contributed by atoms with van der Waals surface area (Å²) < 4.78 is 10.1. The Hall–Kier alpha value is -3.47. The molecule has 0 aliphatic rings. The molecule has 154 valence electrons. The molecule has 0 aromatic heterocycles. The zero-order valence-electron chi connectivity index (χ0n) is 17.4. The molecule has 0 spiro atoms. The van der Waals surface area contributed by atoms with Gasteiger partial charge in [0.2, 0.25) is 0 Å². The molecular weight excluding hydrogens is 380 g/mol. The molecule has 5 heteroatoms. The molecule has 3 aromatic rings. The maximum atomic E-state index is 12.6. The lowest BCUT2D eigenvalue weighted by atomic mass is 9.97. The minimum Gasteiger partial charge on any atom is -0.496 e. The summed E-state index contributed by atoms with van der Waals surface area (Å²) in [5, 5.41) is 2.00. The molecule has 3 rings (SSSR count). The van der Waals surface area contributed by atoms with Crippen LogP contribution in [0.4, 0.5) is 0 Å². The molecule has 0 amide bonds. The first-order chi connectivity index (χ1) is 14.4. The van der Waals surface area contributed by atoms with Gasteiger partial charge in [0.15, 0.2) is 5.78 Å². The maximum Gasteiger partial charge on any atom is 0.337 e. The minimum absolute atomic E-state index is 0.0518. The molecule has 0 saturated carbocycles. The second-order valence-corrected chi connectivity index (χ2v) is 7.16. The molecule has 0 aliphatic heterocycles. The summed E-state index contributed by atoms with van der Waals surface area (Å²) in [5.41, 5.74) is 2.69. The molecule has 0 unspecified atom stereocenters. The van der Waals surface area contributed by atoms with Gasteiger partial charge in [0, 0.05) is 24.8 Å². The number of rotatable bonds is 8. The molecule has 0 fully saturated rings. The number of methoxy groups -OCH3 is 2. The smallest absolute Gasteiger partial charge is 0.337 e. The van der Waals surface area contributed by atoms with Crippen LogP contribution < -0.4 is 4.74 Å². The van der Waals surface area contributed by atoms with E-state index in [1.807, 2.05) is 31.2 Å². The van der Waals surface area contributed by atoms with E-state index in [2.05, 4.69) is 0 Å². The van der Waals surface area contributed by atoms with Gasteiger partial charge >= 0.3 is 5.97 Å². The SMILES string of the molecule is COC(=O)c1cccc(CC(=O)CCC(=O)c2ccc3ccc(OC)c(C)c3c2)c1. The van der Waals surface area contributed by atoms with Crippen LogP contribution >= 0.6 is 0 Å². The van der Waals surface area contributed by atoms with Gasteiger partial charge in [0.1, 0.15) is 11.5 Å². The van der Waals surface area contributed by atoms with Crippen LogP contribution in [0.1, 0.15) is 44.7 Å². The Morgan fingerprint density at radius 3 is 2.37 bits per heavy atom. The van der Waals surface area contributed by atoms with Crippen molar-refractivity contribution in [3.05, 3.63) is 76.9 Å². The molecule has 30 heavy (non-hydrogen) atoms. The summed E-state index contributed by atoms with van der Waals surface area (Å²) in [6.07, 6.45) is 0.465. The van der Waals surface area contributed by atoms with Crippen molar-refractivity contribution in [1.82, 2.24) is 0 Å². The fourth-order valence-corrected chi connectivity index (χ4v) is 3.48. The first-order valence-corrected chi connectivity index (χ1v) is 9.72. The first-order valence-electron chi connectivity index (χ1n) is 9.72. The standard InChI is InChI=1S/C25H24O5/c1-16-22-15-19(8-7-18(22)9-12-24(16)29-2)23(27)11-10-21(26)14-17-5-4-6-20(13-17)25(28)30-3/h4-9,12-13,15H,10-11,14H2,1-3H3. The number of Topliss-reactive ketones (excluding diaryl/α,β-unsaturated/α-hetero) is 2. The van der Waals surface area contributed by atoms with Crippen LogP contribution in [-0.2, 0) is 16.0 Å².